The fourth-order valence-electron chi connectivity index (χ4n) is 1.77. The first kappa shape index (κ1) is 19.4. The summed E-state index contributed by atoms with van der Waals surface area (Å²) < 4.78 is 52.7. The largest absolute Gasteiger partial charge is 0.482 e. The molecule has 1 amide bonds. The minimum Gasteiger partial charge on any atom is -0.482 e. The van der Waals surface area contributed by atoms with Crippen molar-refractivity contribution in [2.24, 2.45) is 0 Å². The number of hydrogen-bond donors (Lipinski definition) is 1. The predicted octanol–water partition coefficient (Wildman–Crippen LogP) is 4.01. The minimum atomic E-state index is -4.68. The van der Waals surface area contributed by atoms with Gasteiger partial charge in [0.05, 0.1) is 9.92 Å². The summed E-state index contributed by atoms with van der Waals surface area (Å²) in [6.07, 6.45) is 0. The first-order valence-corrected chi connectivity index (χ1v) is 9.01. The molecule has 0 saturated carbocycles. The van der Waals surface area contributed by atoms with Crippen molar-refractivity contribution < 1.29 is 26.7 Å². The molecule has 2 aromatic carbocycles. The van der Waals surface area contributed by atoms with Gasteiger partial charge in [-0.25, -0.2) is 8.42 Å². The van der Waals surface area contributed by atoms with Crippen molar-refractivity contribution >= 4 is 44.6 Å². The topological polar surface area (TPSA) is 72.5 Å². The molecule has 0 radical (unpaired) electrons. The highest BCUT2D eigenvalue weighted by atomic mass is 35.5. The van der Waals surface area contributed by atoms with Crippen molar-refractivity contribution in [2.75, 3.05) is 11.9 Å². The van der Waals surface area contributed by atoms with Crippen LogP contribution in [0.1, 0.15) is 0 Å². The first-order chi connectivity index (χ1) is 11.7. The van der Waals surface area contributed by atoms with Gasteiger partial charge in [0, 0.05) is 5.69 Å². The summed E-state index contributed by atoms with van der Waals surface area (Å²) in [5, 5.41) is 2.87. The molecule has 0 unspecified atom stereocenters. The number of carbonyl (C=O) groups excluding carboxylic acids is 1. The van der Waals surface area contributed by atoms with E-state index in [1.165, 1.54) is 18.2 Å². The van der Waals surface area contributed by atoms with Gasteiger partial charge in [0.1, 0.15) is 10.8 Å². The van der Waals surface area contributed by atoms with Crippen LogP contribution in [0.5, 0.6) is 5.75 Å². The molecule has 0 saturated heterocycles. The monoisotopic (exact) mass is 409 g/mol. The Labute approximate surface area is 152 Å². The van der Waals surface area contributed by atoms with E-state index < -0.39 is 26.4 Å². The molecule has 0 aromatic heterocycles. The number of halogens is 4. The van der Waals surface area contributed by atoms with E-state index in [0.29, 0.717) is 0 Å². The van der Waals surface area contributed by atoms with Gasteiger partial charge in [0.25, 0.3) is 5.91 Å². The number of ether oxygens (including phenoxy) is 1. The third-order valence-corrected chi connectivity index (χ3v) is 5.18. The quantitative estimate of drug-likeness (QED) is 0.781. The van der Waals surface area contributed by atoms with Crippen molar-refractivity contribution in [1.29, 1.82) is 0 Å². The van der Waals surface area contributed by atoms with E-state index >= 15 is 0 Å². The molecule has 2 aromatic rings. The lowest BCUT2D eigenvalue weighted by molar-refractivity contribution is -0.118. The standard InChI is InChI=1S/C15H11Cl2F2NO4S/c16-11-2-1-3-12(14(11)17)24-8-13(21)20-9-4-6-10(7-5-9)25(22,23)15(18)19/h1-7,15H,8H2,(H,20,21). The van der Waals surface area contributed by atoms with Gasteiger partial charge in [0.2, 0.25) is 9.84 Å². The maximum atomic E-state index is 12.4. The second-order valence-corrected chi connectivity index (χ2v) is 7.42. The Hall–Kier alpha value is -1.90. The summed E-state index contributed by atoms with van der Waals surface area (Å²) in [7, 11) is -4.68. The molecule has 10 heteroatoms. The van der Waals surface area contributed by atoms with E-state index in [4.69, 9.17) is 27.9 Å². The third-order valence-electron chi connectivity index (χ3n) is 2.98. The van der Waals surface area contributed by atoms with E-state index in [1.54, 1.807) is 12.1 Å². The number of amides is 1. The summed E-state index contributed by atoms with van der Waals surface area (Å²) in [6.45, 7) is -0.378. The Kier molecular flexibility index (Phi) is 6.21. The molecule has 1 N–H and O–H groups in total. The first-order valence-electron chi connectivity index (χ1n) is 6.70. The number of benzene rings is 2. The molecule has 0 atom stereocenters. The molecule has 0 heterocycles. The van der Waals surface area contributed by atoms with Crippen LogP contribution in [-0.4, -0.2) is 26.7 Å². The van der Waals surface area contributed by atoms with Gasteiger partial charge in [-0.1, -0.05) is 29.3 Å². The highest BCUT2D eigenvalue weighted by Crippen LogP contribution is 2.31. The fourth-order valence-corrected chi connectivity index (χ4v) is 2.83. The van der Waals surface area contributed by atoms with Crippen LogP contribution >= 0.6 is 23.2 Å². The maximum absolute atomic E-state index is 12.4. The van der Waals surface area contributed by atoms with Gasteiger partial charge in [-0.05, 0) is 36.4 Å². The Balaban J connectivity index is 1.98. The average molecular weight is 410 g/mol. The van der Waals surface area contributed by atoms with Gasteiger partial charge < -0.3 is 10.1 Å². The molecule has 134 valence electrons. The fraction of sp³-hybridized carbons (Fsp3) is 0.133. The number of alkyl halides is 2. The zero-order chi connectivity index (χ0) is 18.6. The van der Waals surface area contributed by atoms with Crippen LogP contribution in [0, 0.1) is 0 Å². The lowest BCUT2D eigenvalue weighted by Gasteiger charge is -2.10. The average Bonchev–Trinajstić information content (AvgIpc) is 2.56. The van der Waals surface area contributed by atoms with Crippen LogP contribution in [0.25, 0.3) is 0 Å². The molecular weight excluding hydrogens is 399 g/mol. The smallest absolute Gasteiger partial charge is 0.341 e. The Morgan fingerprint density at radius 3 is 2.36 bits per heavy atom. The lowest BCUT2D eigenvalue weighted by Crippen LogP contribution is -2.20. The second-order valence-electron chi connectivity index (χ2n) is 4.72. The van der Waals surface area contributed by atoms with E-state index in [0.717, 1.165) is 12.1 Å². The Morgan fingerprint density at radius 1 is 1.12 bits per heavy atom. The number of rotatable bonds is 6. The van der Waals surface area contributed by atoms with Crippen LogP contribution in [0.2, 0.25) is 10.0 Å². The van der Waals surface area contributed by atoms with Crippen LogP contribution in [0.3, 0.4) is 0 Å². The molecule has 0 aliphatic heterocycles. The number of nitrogens with one attached hydrogen (secondary N) is 1. The van der Waals surface area contributed by atoms with Crippen molar-refractivity contribution in [1.82, 2.24) is 0 Å². The number of anilines is 1. The van der Waals surface area contributed by atoms with Crippen LogP contribution in [-0.2, 0) is 14.6 Å². The van der Waals surface area contributed by atoms with Crippen LogP contribution in [0.4, 0.5) is 14.5 Å². The second kappa shape index (κ2) is 7.99. The van der Waals surface area contributed by atoms with Gasteiger partial charge in [-0.15, -0.1) is 0 Å². The molecule has 0 fully saturated rings. The molecule has 5 nitrogen and oxygen atoms in total. The Bertz CT molecular complexity index is 874. The number of sulfone groups is 1. The number of hydrogen-bond acceptors (Lipinski definition) is 4. The highest BCUT2D eigenvalue weighted by Gasteiger charge is 2.26. The molecule has 0 aliphatic carbocycles. The van der Waals surface area contributed by atoms with Crippen molar-refractivity contribution in [3.63, 3.8) is 0 Å². The summed E-state index contributed by atoms with van der Waals surface area (Å²) >= 11 is 11.7. The molecule has 0 bridgehead atoms. The summed E-state index contributed by atoms with van der Waals surface area (Å²) in [4.78, 5) is 11.3. The van der Waals surface area contributed by atoms with Crippen molar-refractivity contribution in [3.05, 3.63) is 52.5 Å². The lowest BCUT2D eigenvalue weighted by atomic mass is 10.3. The van der Waals surface area contributed by atoms with E-state index in [2.05, 4.69) is 5.32 Å². The zero-order valence-corrected chi connectivity index (χ0v) is 14.7. The van der Waals surface area contributed by atoms with Gasteiger partial charge >= 0.3 is 5.76 Å². The number of carbonyl (C=O) groups is 1. The van der Waals surface area contributed by atoms with Crippen molar-refractivity contribution in [3.8, 4) is 5.75 Å². The minimum absolute atomic E-state index is 0.165. The maximum Gasteiger partial charge on any atom is 0.341 e. The zero-order valence-electron chi connectivity index (χ0n) is 12.4. The molecule has 2 rings (SSSR count). The summed E-state index contributed by atoms with van der Waals surface area (Å²) in [5.74, 6) is -3.84. The Morgan fingerprint density at radius 2 is 1.76 bits per heavy atom. The molecule has 0 spiro atoms. The normalized spacial score (nSPS) is 11.4. The van der Waals surface area contributed by atoms with Crippen molar-refractivity contribution in [2.45, 2.75) is 10.7 Å². The third kappa shape index (κ3) is 4.81. The molecule has 25 heavy (non-hydrogen) atoms. The molecular formula is C15H11Cl2F2NO4S. The SMILES string of the molecule is O=C(COc1cccc(Cl)c1Cl)Nc1ccc(S(=O)(=O)C(F)F)cc1. The summed E-state index contributed by atoms with van der Waals surface area (Å²) in [5.41, 5.74) is 0.221. The van der Waals surface area contributed by atoms with Crippen LogP contribution < -0.4 is 10.1 Å². The van der Waals surface area contributed by atoms with E-state index in [1.807, 2.05) is 0 Å². The van der Waals surface area contributed by atoms with Gasteiger partial charge in [-0.3, -0.25) is 4.79 Å². The molecule has 0 aliphatic rings. The summed E-state index contributed by atoms with van der Waals surface area (Å²) in [6, 6.07) is 9.04. The highest BCUT2D eigenvalue weighted by molar-refractivity contribution is 7.91. The van der Waals surface area contributed by atoms with Gasteiger partial charge in [-0.2, -0.15) is 8.78 Å². The van der Waals surface area contributed by atoms with E-state index in [-0.39, 0.29) is 28.1 Å². The van der Waals surface area contributed by atoms with Crippen LogP contribution in [0.15, 0.2) is 47.4 Å². The van der Waals surface area contributed by atoms with Gasteiger partial charge in [0.15, 0.2) is 6.61 Å². The van der Waals surface area contributed by atoms with E-state index in [9.17, 15) is 22.0 Å². The predicted molar refractivity (Wildman–Crippen MR) is 90.2 cm³/mol.